The van der Waals surface area contributed by atoms with E-state index < -0.39 is 5.97 Å². The highest BCUT2D eigenvalue weighted by molar-refractivity contribution is 9.10. The van der Waals surface area contributed by atoms with Crippen LogP contribution in [-0.2, 0) is 6.42 Å². The first-order valence-corrected chi connectivity index (χ1v) is 6.57. The Balaban J connectivity index is 2.67. The van der Waals surface area contributed by atoms with Gasteiger partial charge in [-0.05, 0) is 36.2 Å². The average molecular weight is 322 g/mol. The molecule has 0 saturated heterocycles. The van der Waals surface area contributed by atoms with Gasteiger partial charge in [-0.3, -0.25) is 9.36 Å². The van der Waals surface area contributed by atoms with E-state index in [4.69, 9.17) is 5.11 Å². The molecule has 0 aliphatic heterocycles. The Bertz CT molecular complexity index is 691. The van der Waals surface area contributed by atoms with E-state index in [2.05, 4.69) is 15.9 Å². The number of aryl methyl sites for hydroxylation is 1. The van der Waals surface area contributed by atoms with Crippen molar-refractivity contribution in [2.45, 2.75) is 13.3 Å². The second kappa shape index (κ2) is 5.40. The second-order valence-electron chi connectivity index (χ2n) is 4.06. The summed E-state index contributed by atoms with van der Waals surface area (Å²) >= 11 is 3.38. The summed E-state index contributed by atoms with van der Waals surface area (Å²) < 4.78 is 2.30. The van der Waals surface area contributed by atoms with Gasteiger partial charge in [0, 0.05) is 16.7 Å². The zero-order valence-electron chi connectivity index (χ0n) is 10.3. The van der Waals surface area contributed by atoms with Gasteiger partial charge >= 0.3 is 5.97 Å². The fraction of sp³-hybridized carbons (Fsp3) is 0.143. The molecule has 5 heteroatoms. The van der Waals surface area contributed by atoms with Crippen LogP contribution in [0.3, 0.4) is 0 Å². The summed E-state index contributed by atoms with van der Waals surface area (Å²) in [6, 6.07) is 8.14. The molecule has 0 saturated carbocycles. The molecule has 0 amide bonds. The number of hydrogen-bond acceptors (Lipinski definition) is 2. The highest BCUT2D eigenvalue weighted by atomic mass is 79.9. The van der Waals surface area contributed by atoms with Crippen molar-refractivity contribution in [1.29, 1.82) is 0 Å². The number of carbonyl (C=O) groups is 1. The van der Waals surface area contributed by atoms with E-state index in [0.29, 0.717) is 5.69 Å². The number of hydrogen-bond donors (Lipinski definition) is 1. The van der Waals surface area contributed by atoms with E-state index in [1.54, 1.807) is 6.07 Å². The van der Waals surface area contributed by atoms with Crippen LogP contribution in [0.15, 0.2) is 45.8 Å². The normalized spacial score (nSPS) is 10.4. The molecule has 0 spiro atoms. The summed E-state index contributed by atoms with van der Waals surface area (Å²) in [5, 5.41) is 8.99. The number of carboxylic acids is 1. The Kier molecular flexibility index (Phi) is 3.85. The third-order valence-corrected chi connectivity index (χ3v) is 3.33. The average Bonchev–Trinajstić information content (AvgIpc) is 2.39. The molecule has 0 unspecified atom stereocenters. The molecular formula is C14H12BrNO3. The minimum absolute atomic E-state index is 0.0876. The Morgan fingerprint density at radius 2 is 2.05 bits per heavy atom. The van der Waals surface area contributed by atoms with Crippen molar-refractivity contribution in [2.24, 2.45) is 0 Å². The standard InChI is InChI=1S/C14H12BrNO3/c1-2-9-7-11(15)4-5-12(9)16-8-10(14(18)19)3-6-13(16)17/h3-8H,2H2,1H3,(H,18,19). The summed E-state index contributed by atoms with van der Waals surface area (Å²) in [5.74, 6) is -1.05. The van der Waals surface area contributed by atoms with E-state index in [1.165, 1.54) is 22.9 Å². The summed E-state index contributed by atoms with van der Waals surface area (Å²) in [7, 11) is 0. The molecular weight excluding hydrogens is 310 g/mol. The SMILES string of the molecule is CCc1cc(Br)ccc1-n1cc(C(=O)O)ccc1=O. The lowest BCUT2D eigenvalue weighted by atomic mass is 10.1. The van der Waals surface area contributed by atoms with Gasteiger partial charge in [0.25, 0.3) is 5.56 Å². The molecule has 1 aromatic carbocycles. The summed E-state index contributed by atoms with van der Waals surface area (Å²) in [6.07, 6.45) is 2.10. The van der Waals surface area contributed by atoms with Gasteiger partial charge in [-0.1, -0.05) is 22.9 Å². The van der Waals surface area contributed by atoms with Crippen molar-refractivity contribution < 1.29 is 9.90 Å². The van der Waals surface area contributed by atoms with E-state index in [1.807, 2.05) is 19.1 Å². The van der Waals surface area contributed by atoms with Crippen molar-refractivity contribution in [1.82, 2.24) is 4.57 Å². The molecule has 1 aromatic heterocycles. The lowest BCUT2D eigenvalue weighted by molar-refractivity contribution is 0.0696. The second-order valence-corrected chi connectivity index (χ2v) is 4.97. The number of rotatable bonds is 3. The Labute approximate surface area is 118 Å². The zero-order chi connectivity index (χ0) is 14.0. The number of aromatic carboxylic acids is 1. The van der Waals surface area contributed by atoms with Gasteiger partial charge in [-0.2, -0.15) is 0 Å². The molecule has 1 N–H and O–H groups in total. The summed E-state index contributed by atoms with van der Waals surface area (Å²) in [4.78, 5) is 22.9. The van der Waals surface area contributed by atoms with Gasteiger partial charge in [0.05, 0.1) is 11.3 Å². The maximum Gasteiger partial charge on any atom is 0.337 e. The molecule has 4 nitrogen and oxygen atoms in total. The fourth-order valence-corrected chi connectivity index (χ4v) is 2.28. The zero-order valence-corrected chi connectivity index (χ0v) is 11.8. The van der Waals surface area contributed by atoms with E-state index in [0.717, 1.165) is 16.5 Å². The molecule has 0 radical (unpaired) electrons. The van der Waals surface area contributed by atoms with Crippen LogP contribution in [0.2, 0.25) is 0 Å². The van der Waals surface area contributed by atoms with Gasteiger partial charge in [0.2, 0.25) is 0 Å². The van der Waals surface area contributed by atoms with Crippen LogP contribution in [0.1, 0.15) is 22.8 Å². The van der Waals surface area contributed by atoms with E-state index in [-0.39, 0.29) is 11.1 Å². The maximum atomic E-state index is 11.9. The van der Waals surface area contributed by atoms with Crippen molar-refractivity contribution in [2.75, 3.05) is 0 Å². The Hall–Kier alpha value is -1.88. The Morgan fingerprint density at radius 1 is 1.32 bits per heavy atom. The quantitative estimate of drug-likeness (QED) is 0.945. The van der Waals surface area contributed by atoms with E-state index in [9.17, 15) is 9.59 Å². The lowest BCUT2D eigenvalue weighted by Gasteiger charge is -2.11. The van der Waals surface area contributed by atoms with Gasteiger partial charge in [-0.25, -0.2) is 4.79 Å². The van der Waals surface area contributed by atoms with Crippen LogP contribution in [0.25, 0.3) is 5.69 Å². The molecule has 2 aromatic rings. The minimum atomic E-state index is -1.05. The molecule has 2 rings (SSSR count). The van der Waals surface area contributed by atoms with Gasteiger partial charge < -0.3 is 5.11 Å². The minimum Gasteiger partial charge on any atom is -0.478 e. The van der Waals surface area contributed by atoms with Crippen LogP contribution in [0.4, 0.5) is 0 Å². The van der Waals surface area contributed by atoms with Crippen LogP contribution in [0, 0.1) is 0 Å². The highest BCUT2D eigenvalue weighted by Crippen LogP contribution is 2.20. The predicted octanol–water partition coefficient (Wildman–Crippen LogP) is 2.86. The Morgan fingerprint density at radius 3 is 2.68 bits per heavy atom. The predicted molar refractivity (Wildman–Crippen MR) is 76.1 cm³/mol. The molecule has 98 valence electrons. The summed E-state index contributed by atoms with van der Waals surface area (Å²) in [5.41, 5.74) is 1.52. The van der Waals surface area contributed by atoms with Crippen molar-refractivity contribution in [3.05, 3.63) is 62.5 Å². The smallest absolute Gasteiger partial charge is 0.337 e. The van der Waals surface area contributed by atoms with Crippen molar-refractivity contribution in [3.8, 4) is 5.69 Å². The largest absolute Gasteiger partial charge is 0.478 e. The first kappa shape index (κ1) is 13.5. The van der Waals surface area contributed by atoms with Gasteiger partial charge in [0.1, 0.15) is 0 Å². The molecule has 1 heterocycles. The molecule has 0 aliphatic carbocycles. The topological polar surface area (TPSA) is 59.3 Å². The highest BCUT2D eigenvalue weighted by Gasteiger charge is 2.09. The van der Waals surface area contributed by atoms with Crippen LogP contribution >= 0.6 is 15.9 Å². The number of carboxylic acid groups (broad SMARTS) is 1. The van der Waals surface area contributed by atoms with Gasteiger partial charge in [-0.15, -0.1) is 0 Å². The number of halogens is 1. The third kappa shape index (κ3) is 2.76. The van der Waals surface area contributed by atoms with Crippen molar-refractivity contribution >= 4 is 21.9 Å². The molecule has 0 fully saturated rings. The third-order valence-electron chi connectivity index (χ3n) is 2.84. The molecule has 19 heavy (non-hydrogen) atoms. The first-order chi connectivity index (χ1) is 9.02. The lowest BCUT2D eigenvalue weighted by Crippen LogP contribution is -2.19. The van der Waals surface area contributed by atoms with Crippen molar-refractivity contribution in [3.63, 3.8) is 0 Å². The van der Waals surface area contributed by atoms with Crippen LogP contribution < -0.4 is 5.56 Å². The fourth-order valence-electron chi connectivity index (χ4n) is 1.87. The number of benzene rings is 1. The monoisotopic (exact) mass is 321 g/mol. The first-order valence-electron chi connectivity index (χ1n) is 5.77. The molecule has 0 bridgehead atoms. The number of aromatic nitrogens is 1. The maximum absolute atomic E-state index is 11.9. The summed E-state index contributed by atoms with van der Waals surface area (Å²) in [6.45, 7) is 1.98. The van der Waals surface area contributed by atoms with Crippen LogP contribution in [0.5, 0.6) is 0 Å². The number of nitrogens with zero attached hydrogens (tertiary/aromatic N) is 1. The van der Waals surface area contributed by atoms with E-state index >= 15 is 0 Å². The molecule has 0 atom stereocenters. The number of pyridine rings is 1. The van der Waals surface area contributed by atoms with Crippen LogP contribution in [-0.4, -0.2) is 15.6 Å². The van der Waals surface area contributed by atoms with Gasteiger partial charge in [0.15, 0.2) is 0 Å². The molecule has 0 aliphatic rings.